The summed E-state index contributed by atoms with van der Waals surface area (Å²) in [5.41, 5.74) is 4.18. The van der Waals surface area contributed by atoms with Crippen LogP contribution in [0.1, 0.15) is 62.0 Å². The summed E-state index contributed by atoms with van der Waals surface area (Å²) >= 11 is 0. The molecule has 24 heavy (non-hydrogen) atoms. The van der Waals surface area contributed by atoms with Crippen molar-refractivity contribution >= 4 is 11.8 Å². The van der Waals surface area contributed by atoms with Crippen LogP contribution in [-0.4, -0.2) is 18.4 Å². The van der Waals surface area contributed by atoms with Gasteiger partial charge in [0.2, 0.25) is 5.91 Å². The standard InChI is InChI=1S/C20H26N2O2/c1-14(2)7-6-8-15(3)11-12-21-19(23)13-18-16-9-4-5-10-17(16)20(24)22-18/h4-5,7,9-11,18H,6,8,12-13H2,1-3H3,(H,21,23)(H,22,24)/b15-11+/t18-/m0/s1. The first-order chi connectivity index (χ1) is 11.5. The molecule has 1 atom stereocenters. The molecule has 0 radical (unpaired) electrons. The Bertz CT molecular complexity index is 670. The summed E-state index contributed by atoms with van der Waals surface area (Å²) in [7, 11) is 0. The van der Waals surface area contributed by atoms with Crippen molar-refractivity contribution in [1.82, 2.24) is 10.6 Å². The van der Waals surface area contributed by atoms with Crippen LogP contribution >= 0.6 is 0 Å². The first-order valence-corrected chi connectivity index (χ1v) is 8.43. The molecule has 0 saturated heterocycles. The fourth-order valence-electron chi connectivity index (χ4n) is 2.77. The molecule has 2 rings (SSSR count). The average Bonchev–Trinajstić information content (AvgIpc) is 2.83. The van der Waals surface area contributed by atoms with E-state index in [1.165, 1.54) is 11.1 Å². The van der Waals surface area contributed by atoms with Gasteiger partial charge < -0.3 is 10.6 Å². The molecule has 2 N–H and O–H groups in total. The molecule has 0 saturated carbocycles. The number of hydrogen-bond donors (Lipinski definition) is 2. The van der Waals surface area contributed by atoms with Gasteiger partial charge in [-0.15, -0.1) is 0 Å². The SMILES string of the molecule is CC(C)=CCC/C(C)=C/CNC(=O)C[C@@H]1NC(=O)c2ccccc21. The number of hydrogen-bond acceptors (Lipinski definition) is 2. The molecular weight excluding hydrogens is 300 g/mol. The molecule has 1 heterocycles. The Hall–Kier alpha value is -2.36. The normalized spacial score (nSPS) is 16.4. The van der Waals surface area contributed by atoms with E-state index in [1.54, 1.807) is 6.07 Å². The number of rotatable bonds is 7. The second-order valence-corrected chi connectivity index (χ2v) is 6.49. The molecule has 0 fully saturated rings. The first-order valence-electron chi connectivity index (χ1n) is 8.43. The van der Waals surface area contributed by atoms with Gasteiger partial charge in [0.05, 0.1) is 12.5 Å². The fourth-order valence-corrected chi connectivity index (χ4v) is 2.77. The zero-order valence-electron chi connectivity index (χ0n) is 14.7. The van der Waals surface area contributed by atoms with Crippen LogP contribution in [-0.2, 0) is 4.79 Å². The van der Waals surface area contributed by atoms with Gasteiger partial charge in [0.1, 0.15) is 0 Å². The first kappa shape index (κ1) is 18.0. The summed E-state index contributed by atoms with van der Waals surface area (Å²) in [6, 6.07) is 7.20. The third-order valence-electron chi connectivity index (χ3n) is 4.12. The van der Waals surface area contributed by atoms with E-state index in [0.717, 1.165) is 18.4 Å². The monoisotopic (exact) mass is 326 g/mol. The number of fused-ring (bicyclic) bond motifs is 1. The summed E-state index contributed by atoms with van der Waals surface area (Å²) in [5.74, 6) is -0.149. The molecule has 1 aromatic rings. The van der Waals surface area contributed by atoms with Gasteiger partial charge in [-0.3, -0.25) is 9.59 Å². The molecule has 1 aliphatic heterocycles. The lowest BCUT2D eigenvalue weighted by atomic mass is 10.0. The molecule has 1 aliphatic rings. The Labute approximate surface area is 144 Å². The van der Waals surface area contributed by atoms with Crippen LogP contribution in [0.4, 0.5) is 0 Å². The summed E-state index contributed by atoms with van der Waals surface area (Å²) in [6.45, 7) is 6.80. The van der Waals surface area contributed by atoms with Crippen LogP contribution in [0.15, 0.2) is 47.6 Å². The van der Waals surface area contributed by atoms with E-state index in [1.807, 2.05) is 18.2 Å². The summed E-state index contributed by atoms with van der Waals surface area (Å²) in [5, 5.41) is 5.77. The maximum atomic E-state index is 12.1. The molecule has 128 valence electrons. The van der Waals surface area contributed by atoms with Crippen molar-refractivity contribution in [2.75, 3.05) is 6.54 Å². The molecule has 1 aromatic carbocycles. The third-order valence-corrected chi connectivity index (χ3v) is 4.12. The maximum absolute atomic E-state index is 12.1. The topological polar surface area (TPSA) is 58.2 Å². The number of carbonyl (C=O) groups is 2. The minimum Gasteiger partial charge on any atom is -0.353 e. The Morgan fingerprint density at radius 2 is 1.96 bits per heavy atom. The van der Waals surface area contributed by atoms with E-state index in [-0.39, 0.29) is 24.3 Å². The van der Waals surface area contributed by atoms with Crippen LogP contribution in [0, 0.1) is 0 Å². The van der Waals surface area contributed by atoms with E-state index in [0.29, 0.717) is 12.1 Å². The number of allylic oxidation sites excluding steroid dienone is 3. The summed E-state index contributed by atoms with van der Waals surface area (Å²) < 4.78 is 0. The molecular formula is C20H26N2O2. The van der Waals surface area contributed by atoms with E-state index in [4.69, 9.17) is 0 Å². The van der Waals surface area contributed by atoms with E-state index >= 15 is 0 Å². The minimum atomic E-state index is -0.226. The second-order valence-electron chi connectivity index (χ2n) is 6.49. The molecule has 4 heteroatoms. The van der Waals surface area contributed by atoms with Gasteiger partial charge in [0.15, 0.2) is 0 Å². The lowest BCUT2D eigenvalue weighted by molar-refractivity contribution is -0.121. The van der Waals surface area contributed by atoms with Crippen molar-refractivity contribution in [2.24, 2.45) is 0 Å². The number of amides is 2. The van der Waals surface area contributed by atoms with Crippen LogP contribution in [0.2, 0.25) is 0 Å². The zero-order valence-corrected chi connectivity index (χ0v) is 14.7. The van der Waals surface area contributed by atoms with Crippen LogP contribution in [0.3, 0.4) is 0 Å². The van der Waals surface area contributed by atoms with Crippen molar-refractivity contribution in [3.05, 3.63) is 58.7 Å². The maximum Gasteiger partial charge on any atom is 0.252 e. The van der Waals surface area contributed by atoms with Crippen LogP contribution in [0.5, 0.6) is 0 Å². The van der Waals surface area contributed by atoms with Crippen molar-refractivity contribution in [3.8, 4) is 0 Å². The zero-order chi connectivity index (χ0) is 17.5. The Morgan fingerprint density at radius 3 is 2.71 bits per heavy atom. The lowest BCUT2D eigenvalue weighted by Crippen LogP contribution is -2.29. The van der Waals surface area contributed by atoms with E-state index in [2.05, 4.69) is 43.6 Å². The highest BCUT2D eigenvalue weighted by Crippen LogP contribution is 2.27. The second kappa shape index (κ2) is 8.48. The predicted molar refractivity (Wildman–Crippen MR) is 96.7 cm³/mol. The summed E-state index contributed by atoms with van der Waals surface area (Å²) in [4.78, 5) is 24.0. The number of carbonyl (C=O) groups excluding carboxylic acids is 2. The third kappa shape index (κ3) is 5.08. The molecule has 0 unspecified atom stereocenters. The van der Waals surface area contributed by atoms with Crippen molar-refractivity contribution in [1.29, 1.82) is 0 Å². The van der Waals surface area contributed by atoms with E-state index in [9.17, 15) is 9.59 Å². The quantitative estimate of drug-likeness (QED) is 0.751. The predicted octanol–water partition coefficient (Wildman–Crippen LogP) is 3.67. The Morgan fingerprint density at radius 1 is 1.21 bits per heavy atom. The Balaban J connectivity index is 1.78. The molecule has 4 nitrogen and oxygen atoms in total. The van der Waals surface area contributed by atoms with Crippen LogP contribution in [0.25, 0.3) is 0 Å². The van der Waals surface area contributed by atoms with Crippen molar-refractivity contribution in [3.63, 3.8) is 0 Å². The highest BCUT2D eigenvalue weighted by atomic mass is 16.2. The van der Waals surface area contributed by atoms with Crippen molar-refractivity contribution in [2.45, 2.75) is 46.1 Å². The van der Waals surface area contributed by atoms with Gasteiger partial charge in [0.25, 0.3) is 5.91 Å². The highest BCUT2D eigenvalue weighted by Gasteiger charge is 2.29. The number of nitrogens with one attached hydrogen (secondary N) is 2. The van der Waals surface area contributed by atoms with Crippen molar-refractivity contribution < 1.29 is 9.59 Å². The van der Waals surface area contributed by atoms with Gasteiger partial charge >= 0.3 is 0 Å². The number of benzene rings is 1. The molecule has 2 amide bonds. The van der Waals surface area contributed by atoms with Gasteiger partial charge in [-0.05, 0) is 45.2 Å². The molecule has 0 spiro atoms. The average molecular weight is 326 g/mol. The van der Waals surface area contributed by atoms with Crippen LogP contribution < -0.4 is 10.6 Å². The van der Waals surface area contributed by atoms with Gasteiger partial charge in [0, 0.05) is 12.1 Å². The molecule has 0 aliphatic carbocycles. The van der Waals surface area contributed by atoms with Gasteiger partial charge in [-0.1, -0.05) is 41.5 Å². The smallest absolute Gasteiger partial charge is 0.252 e. The van der Waals surface area contributed by atoms with Gasteiger partial charge in [-0.2, -0.15) is 0 Å². The summed E-state index contributed by atoms with van der Waals surface area (Å²) in [6.07, 6.45) is 6.58. The molecule has 0 bridgehead atoms. The molecule has 0 aromatic heterocycles. The highest BCUT2D eigenvalue weighted by molar-refractivity contribution is 5.99. The lowest BCUT2D eigenvalue weighted by Gasteiger charge is -2.11. The van der Waals surface area contributed by atoms with E-state index < -0.39 is 0 Å². The van der Waals surface area contributed by atoms with Gasteiger partial charge in [-0.25, -0.2) is 0 Å². The Kier molecular flexibility index (Phi) is 6.36. The largest absolute Gasteiger partial charge is 0.353 e. The fraction of sp³-hybridized carbons (Fsp3) is 0.400. The minimum absolute atomic E-state index is 0.0506.